The number of pyridine rings is 1. The number of halogens is 2. The average molecular weight is 322 g/mol. The third-order valence-corrected chi connectivity index (χ3v) is 3.94. The molecule has 0 aliphatic carbocycles. The Labute approximate surface area is 136 Å². The quantitative estimate of drug-likeness (QED) is 0.559. The Morgan fingerprint density at radius 1 is 0.917 bits per heavy atom. The molecule has 0 radical (unpaired) electrons. The van der Waals surface area contributed by atoms with Gasteiger partial charge in [-0.3, -0.25) is 4.98 Å². The van der Waals surface area contributed by atoms with Crippen molar-refractivity contribution in [2.24, 2.45) is 0 Å². The molecule has 0 unspecified atom stereocenters. The molecule has 3 aromatic heterocycles. The van der Waals surface area contributed by atoms with Crippen molar-refractivity contribution in [3.05, 3.63) is 72.3 Å². The predicted molar refractivity (Wildman–Crippen MR) is 86.3 cm³/mol. The van der Waals surface area contributed by atoms with E-state index in [9.17, 15) is 8.78 Å². The van der Waals surface area contributed by atoms with Crippen LogP contribution < -0.4 is 0 Å². The molecule has 0 fully saturated rings. The van der Waals surface area contributed by atoms with Crippen molar-refractivity contribution < 1.29 is 8.78 Å². The smallest absolute Gasteiger partial charge is 0.162 e. The number of aryl methyl sites for hydroxylation is 1. The van der Waals surface area contributed by atoms with Crippen LogP contribution in [0.1, 0.15) is 5.56 Å². The van der Waals surface area contributed by atoms with Gasteiger partial charge in [0.2, 0.25) is 0 Å². The summed E-state index contributed by atoms with van der Waals surface area (Å²) in [4.78, 5) is 8.55. The molecule has 0 aliphatic rings. The van der Waals surface area contributed by atoms with Crippen LogP contribution in [0.5, 0.6) is 0 Å². The lowest BCUT2D eigenvalue weighted by Crippen LogP contribution is -1.98. The Morgan fingerprint density at radius 2 is 1.79 bits per heavy atom. The van der Waals surface area contributed by atoms with Gasteiger partial charge >= 0.3 is 0 Å². The zero-order valence-corrected chi connectivity index (χ0v) is 12.7. The van der Waals surface area contributed by atoms with E-state index in [0.29, 0.717) is 11.3 Å². The molecular formula is C18H12F2N4. The zero-order chi connectivity index (χ0) is 16.7. The van der Waals surface area contributed by atoms with E-state index in [1.165, 1.54) is 18.3 Å². The molecular weight excluding hydrogens is 310 g/mol. The van der Waals surface area contributed by atoms with E-state index in [1.54, 1.807) is 23.1 Å². The first-order chi connectivity index (χ1) is 11.6. The molecule has 0 saturated carbocycles. The van der Waals surface area contributed by atoms with Gasteiger partial charge in [0.15, 0.2) is 5.65 Å². The molecule has 6 heteroatoms. The fourth-order valence-electron chi connectivity index (χ4n) is 2.73. The van der Waals surface area contributed by atoms with Crippen LogP contribution in [-0.2, 0) is 0 Å². The molecule has 0 amide bonds. The Morgan fingerprint density at radius 3 is 2.58 bits per heavy atom. The van der Waals surface area contributed by atoms with Gasteiger partial charge in [0, 0.05) is 41.3 Å². The molecule has 0 N–H and O–H groups in total. The highest BCUT2D eigenvalue weighted by Crippen LogP contribution is 2.29. The van der Waals surface area contributed by atoms with E-state index in [4.69, 9.17) is 0 Å². The van der Waals surface area contributed by atoms with E-state index < -0.39 is 11.6 Å². The maximum Gasteiger partial charge on any atom is 0.162 e. The van der Waals surface area contributed by atoms with Crippen LogP contribution >= 0.6 is 0 Å². The van der Waals surface area contributed by atoms with Crippen molar-refractivity contribution >= 4 is 5.65 Å². The first-order valence-corrected chi connectivity index (χ1v) is 7.34. The molecule has 118 valence electrons. The molecule has 0 saturated heterocycles. The van der Waals surface area contributed by atoms with Gasteiger partial charge in [-0.05, 0) is 36.8 Å². The lowest BCUT2D eigenvalue weighted by Gasteiger charge is -2.07. The normalized spacial score (nSPS) is 11.1. The summed E-state index contributed by atoms with van der Waals surface area (Å²) in [5.41, 5.74) is 4.14. The molecule has 4 aromatic rings. The van der Waals surface area contributed by atoms with Gasteiger partial charge in [-0.25, -0.2) is 18.3 Å². The van der Waals surface area contributed by atoms with Crippen molar-refractivity contribution in [1.82, 2.24) is 19.6 Å². The van der Waals surface area contributed by atoms with Gasteiger partial charge in [-0.1, -0.05) is 0 Å². The van der Waals surface area contributed by atoms with Crippen molar-refractivity contribution in [1.29, 1.82) is 0 Å². The van der Waals surface area contributed by atoms with Crippen LogP contribution in [0, 0.1) is 18.6 Å². The SMILES string of the molecule is Cc1ccncc1-c1ccnn2c(-c3ccc(F)cc3F)cnc12. The number of imidazole rings is 1. The number of benzene rings is 1. The number of nitrogens with zero attached hydrogens (tertiary/aromatic N) is 4. The number of hydrogen-bond donors (Lipinski definition) is 0. The van der Waals surface area contributed by atoms with E-state index >= 15 is 0 Å². The third-order valence-electron chi connectivity index (χ3n) is 3.94. The summed E-state index contributed by atoms with van der Waals surface area (Å²) < 4.78 is 28.8. The number of fused-ring (bicyclic) bond motifs is 1. The lowest BCUT2D eigenvalue weighted by atomic mass is 10.1. The first kappa shape index (κ1) is 14.4. The second-order valence-corrected chi connectivity index (χ2v) is 5.44. The summed E-state index contributed by atoms with van der Waals surface area (Å²) in [6.45, 7) is 1.98. The van der Waals surface area contributed by atoms with Crippen LogP contribution in [0.2, 0.25) is 0 Å². The lowest BCUT2D eigenvalue weighted by molar-refractivity contribution is 0.585. The summed E-state index contributed by atoms with van der Waals surface area (Å²) >= 11 is 0. The van der Waals surface area contributed by atoms with E-state index in [2.05, 4.69) is 15.1 Å². The summed E-state index contributed by atoms with van der Waals surface area (Å²) in [7, 11) is 0. The third kappa shape index (κ3) is 2.23. The van der Waals surface area contributed by atoms with Crippen LogP contribution in [0.25, 0.3) is 28.0 Å². The molecule has 1 aromatic carbocycles. The summed E-state index contributed by atoms with van der Waals surface area (Å²) in [6.07, 6.45) is 6.65. The predicted octanol–water partition coefficient (Wildman–Crippen LogP) is 4.04. The van der Waals surface area contributed by atoms with Crippen molar-refractivity contribution in [3.8, 4) is 22.4 Å². The Kier molecular flexibility index (Phi) is 3.30. The van der Waals surface area contributed by atoms with Crippen LogP contribution in [0.4, 0.5) is 8.78 Å². The molecule has 0 aliphatic heterocycles. The summed E-state index contributed by atoms with van der Waals surface area (Å²) in [6, 6.07) is 7.21. The van der Waals surface area contributed by atoms with Gasteiger partial charge in [-0.2, -0.15) is 5.10 Å². The van der Waals surface area contributed by atoms with Gasteiger partial charge in [-0.15, -0.1) is 0 Å². The summed E-state index contributed by atoms with van der Waals surface area (Å²) in [5.74, 6) is -1.27. The molecule has 0 bridgehead atoms. The van der Waals surface area contributed by atoms with Gasteiger partial charge < -0.3 is 0 Å². The number of aromatic nitrogens is 4. The Balaban J connectivity index is 1.96. The van der Waals surface area contributed by atoms with Gasteiger partial charge in [0.1, 0.15) is 11.6 Å². The van der Waals surface area contributed by atoms with Crippen molar-refractivity contribution in [2.45, 2.75) is 6.92 Å². The second kappa shape index (κ2) is 5.49. The van der Waals surface area contributed by atoms with Crippen molar-refractivity contribution in [2.75, 3.05) is 0 Å². The summed E-state index contributed by atoms with van der Waals surface area (Å²) in [5, 5.41) is 4.27. The fraction of sp³-hybridized carbons (Fsp3) is 0.0556. The van der Waals surface area contributed by atoms with E-state index in [0.717, 1.165) is 22.8 Å². The molecule has 3 heterocycles. The maximum absolute atomic E-state index is 14.1. The number of hydrogen-bond acceptors (Lipinski definition) is 3. The Hall–Kier alpha value is -3.15. The molecule has 0 atom stereocenters. The minimum absolute atomic E-state index is 0.247. The maximum atomic E-state index is 14.1. The van der Waals surface area contributed by atoms with E-state index in [-0.39, 0.29) is 5.56 Å². The number of rotatable bonds is 2. The van der Waals surface area contributed by atoms with Crippen LogP contribution in [0.3, 0.4) is 0 Å². The molecule has 4 nitrogen and oxygen atoms in total. The highest BCUT2D eigenvalue weighted by molar-refractivity contribution is 5.80. The topological polar surface area (TPSA) is 43.1 Å². The minimum atomic E-state index is -0.651. The molecule has 24 heavy (non-hydrogen) atoms. The van der Waals surface area contributed by atoms with Crippen LogP contribution in [0.15, 0.2) is 55.1 Å². The molecule has 4 rings (SSSR count). The minimum Gasteiger partial charge on any atom is -0.264 e. The van der Waals surface area contributed by atoms with E-state index in [1.807, 2.05) is 19.1 Å². The van der Waals surface area contributed by atoms with Crippen molar-refractivity contribution in [3.63, 3.8) is 0 Å². The first-order valence-electron chi connectivity index (χ1n) is 7.34. The van der Waals surface area contributed by atoms with Crippen LogP contribution in [-0.4, -0.2) is 19.6 Å². The second-order valence-electron chi connectivity index (χ2n) is 5.44. The monoisotopic (exact) mass is 322 g/mol. The zero-order valence-electron chi connectivity index (χ0n) is 12.7. The molecule has 0 spiro atoms. The largest absolute Gasteiger partial charge is 0.264 e. The van der Waals surface area contributed by atoms with Gasteiger partial charge in [0.05, 0.1) is 11.9 Å². The highest BCUT2D eigenvalue weighted by atomic mass is 19.1. The average Bonchev–Trinajstić information content (AvgIpc) is 2.99. The highest BCUT2D eigenvalue weighted by Gasteiger charge is 2.15. The standard InChI is InChI=1S/C18H12F2N4/c1-11-4-6-21-9-15(11)13-5-7-23-24-17(10-22-18(13)24)14-3-2-12(19)8-16(14)20/h2-10H,1H3. The fourth-order valence-corrected chi connectivity index (χ4v) is 2.73. The Bertz CT molecular complexity index is 1060. The van der Waals surface area contributed by atoms with Gasteiger partial charge in [0.25, 0.3) is 0 Å².